The Morgan fingerprint density at radius 2 is 2.05 bits per heavy atom. The van der Waals surface area contributed by atoms with Crippen molar-refractivity contribution >= 4 is 5.78 Å². The number of halogens is 1. The van der Waals surface area contributed by atoms with E-state index in [2.05, 4.69) is 5.32 Å². The quantitative estimate of drug-likeness (QED) is 0.922. The fraction of sp³-hybridized carbons (Fsp3) is 0.611. The SMILES string of the molecule is Cc1cc(F)ccc1CC(=O)C1CCC2CCCCC2N1. The van der Waals surface area contributed by atoms with E-state index >= 15 is 0 Å². The standard InChI is InChI=1S/C18H24FNO/c1-12-10-15(19)8-6-14(12)11-18(21)17-9-7-13-4-2-3-5-16(13)20-17/h6,8,10,13,16-17,20H,2-5,7,9,11H2,1H3. The lowest BCUT2D eigenvalue weighted by Gasteiger charge is -2.40. The van der Waals surface area contributed by atoms with Crippen LogP contribution < -0.4 is 5.32 Å². The smallest absolute Gasteiger partial charge is 0.154 e. The summed E-state index contributed by atoms with van der Waals surface area (Å²) in [7, 11) is 0. The average Bonchev–Trinajstić information content (AvgIpc) is 2.49. The summed E-state index contributed by atoms with van der Waals surface area (Å²) in [5.74, 6) is 0.800. The molecule has 1 aromatic rings. The fourth-order valence-corrected chi connectivity index (χ4v) is 3.92. The number of nitrogens with one attached hydrogen (secondary N) is 1. The van der Waals surface area contributed by atoms with Crippen molar-refractivity contribution in [1.82, 2.24) is 5.32 Å². The maximum atomic E-state index is 13.1. The first-order chi connectivity index (χ1) is 10.1. The molecular weight excluding hydrogens is 265 g/mol. The van der Waals surface area contributed by atoms with Gasteiger partial charge in [0.2, 0.25) is 0 Å². The molecule has 0 aromatic heterocycles. The van der Waals surface area contributed by atoms with Crippen LogP contribution in [0.3, 0.4) is 0 Å². The van der Waals surface area contributed by atoms with Crippen molar-refractivity contribution in [3.05, 3.63) is 35.1 Å². The molecule has 1 N–H and O–H groups in total. The number of ketones is 1. The summed E-state index contributed by atoms with van der Waals surface area (Å²) in [4.78, 5) is 12.5. The summed E-state index contributed by atoms with van der Waals surface area (Å²) in [6.45, 7) is 1.87. The van der Waals surface area contributed by atoms with Crippen molar-refractivity contribution in [2.45, 2.75) is 64.0 Å². The summed E-state index contributed by atoms with van der Waals surface area (Å²) in [6, 6.07) is 5.23. The first-order valence-corrected chi connectivity index (χ1v) is 8.17. The zero-order valence-corrected chi connectivity index (χ0v) is 12.7. The van der Waals surface area contributed by atoms with Gasteiger partial charge in [-0.25, -0.2) is 4.39 Å². The van der Waals surface area contributed by atoms with E-state index < -0.39 is 0 Å². The summed E-state index contributed by atoms with van der Waals surface area (Å²) >= 11 is 0. The van der Waals surface area contributed by atoms with E-state index in [0.717, 1.165) is 23.5 Å². The lowest BCUT2D eigenvalue weighted by atomic mass is 9.77. The molecule has 1 saturated heterocycles. The average molecular weight is 289 g/mol. The van der Waals surface area contributed by atoms with Gasteiger partial charge in [0.15, 0.2) is 5.78 Å². The third-order valence-electron chi connectivity index (χ3n) is 5.21. The molecule has 114 valence electrons. The minimum Gasteiger partial charge on any atom is -0.304 e. The molecule has 3 heteroatoms. The summed E-state index contributed by atoms with van der Waals surface area (Å²) in [5.41, 5.74) is 1.82. The first-order valence-electron chi connectivity index (χ1n) is 8.17. The number of benzene rings is 1. The van der Waals surface area contributed by atoms with Gasteiger partial charge in [-0.05, 0) is 61.8 Å². The third kappa shape index (κ3) is 3.34. The molecular formula is C18H24FNO. The van der Waals surface area contributed by atoms with Crippen molar-refractivity contribution in [3.8, 4) is 0 Å². The van der Waals surface area contributed by atoms with Crippen LogP contribution in [0.4, 0.5) is 4.39 Å². The molecule has 0 radical (unpaired) electrons. The van der Waals surface area contributed by atoms with Gasteiger partial charge in [-0.15, -0.1) is 0 Å². The number of aryl methyl sites for hydroxylation is 1. The Balaban J connectivity index is 1.63. The van der Waals surface area contributed by atoms with E-state index in [9.17, 15) is 9.18 Å². The summed E-state index contributed by atoms with van der Waals surface area (Å²) in [5, 5.41) is 3.58. The van der Waals surface area contributed by atoms with Crippen LogP contribution in [-0.4, -0.2) is 17.9 Å². The highest BCUT2D eigenvalue weighted by atomic mass is 19.1. The molecule has 3 unspecified atom stereocenters. The summed E-state index contributed by atoms with van der Waals surface area (Å²) in [6.07, 6.45) is 7.71. The number of piperidine rings is 1. The van der Waals surface area contributed by atoms with Crippen molar-refractivity contribution in [3.63, 3.8) is 0 Å². The van der Waals surface area contributed by atoms with Gasteiger partial charge in [0.05, 0.1) is 6.04 Å². The number of carbonyl (C=O) groups is 1. The molecule has 3 atom stereocenters. The van der Waals surface area contributed by atoms with Gasteiger partial charge in [-0.1, -0.05) is 18.9 Å². The van der Waals surface area contributed by atoms with Gasteiger partial charge >= 0.3 is 0 Å². The second-order valence-electron chi connectivity index (χ2n) is 6.66. The highest BCUT2D eigenvalue weighted by molar-refractivity contribution is 5.86. The lowest BCUT2D eigenvalue weighted by Crippen LogP contribution is -2.52. The van der Waals surface area contributed by atoms with Crippen molar-refractivity contribution in [2.24, 2.45) is 5.92 Å². The van der Waals surface area contributed by atoms with Gasteiger partial charge in [-0.3, -0.25) is 4.79 Å². The van der Waals surface area contributed by atoms with Gasteiger partial charge in [-0.2, -0.15) is 0 Å². The van der Waals surface area contributed by atoms with Crippen molar-refractivity contribution in [1.29, 1.82) is 0 Å². The number of Topliss-reactive ketones (excluding diaryl/α,β-unsaturated/α-hetero) is 1. The topological polar surface area (TPSA) is 29.1 Å². The lowest BCUT2D eigenvalue weighted by molar-refractivity contribution is -0.121. The highest BCUT2D eigenvalue weighted by Gasteiger charge is 2.34. The molecule has 0 spiro atoms. The number of rotatable bonds is 3. The largest absolute Gasteiger partial charge is 0.304 e. The van der Waals surface area contributed by atoms with E-state index in [1.807, 2.05) is 6.92 Å². The molecule has 2 aliphatic rings. The first kappa shape index (κ1) is 14.7. The van der Waals surface area contributed by atoms with Crippen LogP contribution in [-0.2, 0) is 11.2 Å². The Labute approximate surface area is 126 Å². The van der Waals surface area contributed by atoms with Gasteiger partial charge < -0.3 is 5.32 Å². The van der Waals surface area contributed by atoms with Crippen LogP contribution in [0.25, 0.3) is 0 Å². The number of hydrogen-bond acceptors (Lipinski definition) is 2. The second-order valence-corrected chi connectivity index (χ2v) is 6.66. The van der Waals surface area contributed by atoms with Crippen LogP contribution in [0.1, 0.15) is 49.7 Å². The van der Waals surface area contributed by atoms with Crippen LogP contribution in [0.2, 0.25) is 0 Å². The zero-order valence-electron chi connectivity index (χ0n) is 12.7. The molecule has 1 aromatic carbocycles. The maximum Gasteiger partial charge on any atom is 0.154 e. The van der Waals surface area contributed by atoms with Crippen molar-refractivity contribution in [2.75, 3.05) is 0 Å². The van der Waals surface area contributed by atoms with Gasteiger partial charge in [0, 0.05) is 12.5 Å². The Morgan fingerprint density at radius 1 is 1.24 bits per heavy atom. The van der Waals surface area contributed by atoms with Crippen molar-refractivity contribution < 1.29 is 9.18 Å². The normalized spacial score (nSPS) is 29.0. The predicted molar refractivity (Wildman–Crippen MR) is 81.8 cm³/mol. The predicted octanol–water partition coefficient (Wildman–Crippen LogP) is 3.56. The Kier molecular flexibility index (Phi) is 4.39. The Bertz CT molecular complexity index is 528. The molecule has 1 heterocycles. The maximum absolute atomic E-state index is 13.1. The number of carbonyl (C=O) groups excluding carboxylic acids is 1. The Morgan fingerprint density at radius 3 is 2.86 bits per heavy atom. The zero-order chi connectivity index (χ0) is 14.8. The van der Waals surface area contributed by atoms with E-state index in [0.29, 0.717) is 12.5 Å². The van der Waals surface area contributed by atoms with Crippen LogP contribution in [0, 0.1) is 18.7 Å². The third-order valence-corrected chi connectivity index (χ3v) is 5.21. The molecule has 3 rings (SSSR count). The minimum absolute atomic E-state index is 0.00574. The fourth-order valence-electron chi connectivity index (χ4n) is 3.92. The molecule has 2 nitrogen and oxygen atoms in total. The highest BCUT2D eigenvalue weighted by Crippen LogP contribution is 2.32. The monoisotopic (exact) mass is 289 g/mol. The van der Waals surface area contributed by atoms with Gasteiger partial charge in [0.25, 0.3) is 0 Å². The van der Waals surface area contributed by atoms with E-state index in [1.54, 1.807) is 6.07 Å². The molecule has 1 saturated carbocycles. The van der Waals surface area contributed by atoms with E-state index in [4.69, 9.17) is 0 Å². The molecule has 0 amide bonds. The van der Waals surface area contributed by atoms with Crippen LogP contribution in [0.5, 0.6) is 0 Å². The van der Waals surface area contributed by atoms with E-state index in [1.165, 1.54) is 44.2 Å². The molecule has 1 aliphatic carbocycles. The summed E-state index contributed by atoms with van der Waals surface area (Å²) < 4.78 is 13.1. The molecule has 2 fully saturated rings. The minimum atomic E-state index is -0.232. The number of fused-ring (bicyclic) bond motifs is 1. The van der Waals surface area contributed by atoms with Crippen LogP contribution >= 0.6 is 0 Å². The second kappa shape index (κ2) is 6.27. The van der Waals surface area contributed by atoms with Gasteiger partial charge in [0.1, 0.15) is 5.82 Å². The molecule has 0 bridgehead atoms. The number of hydrogen-bond donors (Lipinski definition) is 1. The molecule has 21 heavy (non-hydrogen) atoms. The van der Waals surface area contributed by atoms with Crippen LogP contribution in [0.15, 0.2) is 18.2 Å². The Hall–Kier alpha value is -1.22. The van der Waals surface area contributed by atoms with E-state index in [-0.39, 0.29) is 17.6 Å². The molecule has 1 aliphatic heterocycles.